The molecule has 130 valence electrons. The van der Waals surface area contributed by atoms with Gasteiger partial charge in [-0.1, -0.05) is 29.8 Å². The maximum absolute atomic E-state index is 14.0. The molecular weight excluding hydrogens is 312 g/mol. The van der Waals surface area contributed by atoms with Crippen LogP contribution in [0, 0.1) is 12.8 Å². The minimum Gasteiger partial charge on any atom is -0.384 e. The lowest BCUT2D eigenvalue weighted by Gasteiger charge is -2.38. The van der Waals surface area contributed by atoms with Gasteiger partial charge in [-0.25, -0.2) is 8.78 Å². The highest BCUT2D eigenvalue weighted by molar-refractivity contribution is 5.62. The summed E-state index contributed by atoms with van der Waals surface area (Å²) in [7, 11) is 1.47. The number of aromatic nitrogens is 2. The minimum absolute atomic E-state index is 0.0830. The Morgan fingerprint density at radius 3 is 2.79 bits per heavy atom. The normalized spacial score (nSPS) is 21.1. The fourth-order valence-electron chi connectivity index (χ4n) is 3.21. The molecule has 0 saturated carbocycles. The van der Waals surface area contributed by atoms with E-state index in [0.29, 0.717) is 19.6 Å². The molecular formula is C18H23F2N3O. The summed E-state index contributed by atoms with van der Waals surface area (Å²) < 4.78 is 32.9. The third-order valence-electron chi connectivity index (χ3n) is 4.66. The number of alkyl halides is 2. The molecule has 0 radical (unpaired) electrons. The van der Waals surface area contributed by atoms with E-state index in [1.54, 1.807) is 6.20 Å². The van der Waals surface area contributed by atoms with Gasteiger partial charge in [-0.2, -0.15) is 5.10 Å². The number of ether oxygens (including phenoxy) is 1. The highest BCUT2D eigenvalue weighted by atomic mass is 19.3. The molecule has 0 amide bonds. The molecule has 4 nitrogen and oxygen atoms in total. The van der Waals surface area contributed by atoms with Crippen LogP contribution in [-0.2, 0) is 11.3 Å². The zero-order chi connectivity index (χ0) is 17.2. The number of aryl methyl sites for hydroxylation is 1. The van der Waals surface area contributed by atoms with Crippen molar-refractivity contribution < 1.29 is 13.5 Å². The molecule has 1 saturated heterocycles. The zero-order valence-electron chi connectivity index (χ0n) is 14.1. The number of rotatable bonds is 5. The van der Waals surface area contributed by atoms with Crippen molar-refractivity contribution in [2.75, 3.05) is 26.8 Å². The fourth-order valence-corrected chi connectivity index (χ4v) is 3.21. The van der Waals surface area contributed by atoms with Gasteiger partial charge >= 0.3 is 0 Å². The number of aromatic amines is 1. The van der Waals surface area contributed by atoms with Crippen LogP contribution in [0.25, 0.3) is 11.3 Å². The smallest absolute Gasteiger partial charge is 0.255 e. The van der Waals surface area contributed by atoms with Crippen molar-refractivity contribution in [1.82, 2.24) is 15.1 Å². The van der Waals surface area contributed by atoms with Gasteiger partial charge in [-0.15, -0.1) is 0 Å². The number of nitrogens with zero attached hydrogens (tertiary/aromatic N) is 2. The van der Waals surface area contributed by atoms with Crippen LogP contribution in [0.2, 0.25) is 0 Å². The van der Waals surface area contributed by atoms with Gasteiger partial charge in [-0.3, -0.25) is 10.00 Å². The molecule has 1 unspecified atom stereocenters. The van der Waals surface area contributed by atoms with Crippen molar-refractivity contribution in [2.24, 2.45) is 5.92 Å². The minimum atomic E-state index is -2.65. The summed E-state index contributed by atoms with van der Waals surface area (Å²) in [4.78, 5) is 2.06. The summed E-state index contributed by atoms with van der Waals surface area (Å²) in [5, 5.41) is 7.18. The van der Waals surface area contributed by atoms with Gasteiger partial charge in [0.2, 0.25) is 0 Å². The van der Waals surface area contributed by atoms with E-state index in [9.17, 15) is 8.78 Å². The van der Waals surface area contributed by atoms with Crippen molar-refractivity contribution >= 4 is 0 Å². The Hall–Kier alpha value is -1.79. The van der Waals surface area contributed by atoms with Gasteiger partial charge in [0, 0.05) is 38.7 Å². The van der Waals surface area contributed by atoms with Gasteiger partial charge in [-0.05, 0) is 12.5 Å². The average Bonchev–Trinajstić information content (AvgIpc) is 3.00. The Morgan fingerprint density at radius 1 is 1.33 bits per heavy atom. The number of hydrogen-bond acceptors (Lipinski definition) is 3. The number of halogens is 2. The molecule has 2 heterocycles. The maximum atomic E-state index is 14.0. The Labute approximate surface area is 140 Å². The van der Waals surface area contributed by atoms with E-state index in [2.05, 4.69) is 27.2 Å². The number of H-pyrrole nitrogens is 1. The number of piperidine rings is 1. The molecule has 1 aliphatic heterocycles. The molecule has 1 atom stereocenters. The molecule has 2 aromatic rings. The first-order chi connectivity index (χ1) is 11.5. The summed E-state index contributed by atoms with van der Waals surface area (Å²) in [6.07, 6.45) is 1.66. The van der Waals surface area contributed by atoms with Crippen molar-refractivity contribution in [1.29, 1.82) is 0 Å². The molecule has 1 N–H and O–H groups in total. The van der Waals surface area contributed by atoms with E-state index in [0.717, 1.165) is 16.8 Å². The lowest BCUT2D eigenvalue weighted by atomic mass is 9.93. The van der Waals surface area contributed by atoms with E-state index in [1.807, 2.05) is 19.1 Å². The number of likely N-dealkylation sites (tertiary alicyclic amines) is 1. The molecule has 0 bridgehead atoms. The second kappa shape index (κ2) is 6.99. The highest BCUT2D eigenvalue weighted by Gasteiger charge is 2.43. The van der Waals surface area contributed by atoms with Crippen LogP contribution in [-0.4, -0.2) is 47.8 Å². The molecule has 1 fully saturated rings. The summed E-state index contributed by atoms with van der Waals surface area (Å²) in [5.74, 6) is -3.41. The van der Waals surface area contributed by atoms with Crippen LogP contribution < -0.4 is 0 Å². The van der Waals surface area contributed by atoms with Crippen LogP contribution in [0.1, 0.15) is 17.5 Å². The van der Waals surface area contributed by atoms with Crippen LogP contribution in [0.5, 0.6) is 0 Å². The average molecular weight is 335 g/mol. The maximum Gasteiger partial charge on any atom is 0.255 e. The predicted molar refractivity (Wildman–Crippen MR) is 89.0 cm³/mol. The van der Waals surface area contributed by atoms with E-state index in [1.165, 1.54) is 12.7 Å². The first kappa shape index (κ1) is 17.0. The van der Waals surface area contributed by atoms with Gasteiger partial charge in [0.15, 0.2) is 0 Å². The van der Waals surface area contributed by atoms with Crippen molar-refractivity contribution in [3.8, 4) is 11.3 Å². The molecule has 0 aliphatic carbocycles. The largest absolute Gasteiger partial charge is 0.384 e. The monoisotopic (exact) mass is 335 g/mol. The Morgan fingerprint density at radius 2 is 2.08 bits per heavy atom. The quantitative estimate of drug-likeness (QED) is 0.909. The van der Waals surface area contributed by atoms with Gasteiger partial charge in [0.05, 0.1) is 24.4 Å². The third kappa shape index (κ3) is 3.65. The first-order valence-electron chi connectivity index (χ1n) is 8.18. The molecule has 0 spiro atoms. The molecule has 1 aliphatic rings. The van der Waals surface area contributed by atoms with Gasteiger partial charge in [0.1, 0.15) is 0 Å². The third-order valence-corrected chi connectivity index (χ3v) is 4.66. The molecule has 3 rings (SSSR count). The van der Waals surface area contributed by atoms with Crippen LogP contribution in [0.15, 0.2) is 30.5 Å². The Balaban J connectivity index is 1.73. The van der Waals surface area contributed by atoms with Crippen LogP contribution >= 0.6 is 0 Å². The number of hydrogen-bond donors (Lipinski definition) is 1. The highest BCUT2D eigenvalue weighted by Crippen LogP contribution is 2.34. The van der Waals surface area contributed by atoms with Gasteiger partial charge < -0.3 is 4.74 Å². The molecule has 24 heavy (non-hydrogen) atoms. The molecule has 1 aromatic carbocycles. The van der Waals surface area contributed by atoms with E-state index >= 15 is 0 Å². The summed E-state index contributed by atoms with van der Waals surface area (Å²) in [5.41, 5.74) is 4.24. The van der Waals surface area contributed by atoms with Crippen molar-refractivity contribution in [3.05, 3.63) is 41.6 Å². The summed E-state index contributed by atoms with van der Waals surface area (Å²) in [6, 6.07) is 8.20. The zero-order valence-corrected chi connectivity index (χ0v) is 14.1. The van der Waals surface area contributed by atoms with E-state index in [4.69, 9.17) is 4.74 Å². The summed E-state index contributed by atoms with van der Waals surface area (Å²) >= 11 is 0. The van der Waals surface area contributed by atoms with E-state index in [-0.39, 0.29) is 13.0 Å². The van der Waals surface area contributed by atoms with Crippen LogP contribution in [0.4, 0.5) is 8.78 Å². The standard InChI is InChI=1S/C18H23F2N3O/c1-13-3-5-14(6-4-13)17-15(9-21-22-17)10-23-8-7-18(19,20)16(11-23)12-24-2/h3-6,9,16H,7-8,10-12H2,1-2H3,(H,21,22). The van der Waals surface area contributed by atoms with E-state index < -0.39 is 11.8 Å². The van der Waals surface area contributed by atoms with Gasteiger partial charge in [0.25, 0.3) is 5.92 Å². The van der Waals surface area contributed by atoms with Crippen LogP contribution in [0.3, 0.4) is 0 Å². The lowest BCUT2D eigenvalue weighted by molar-refractivity contribution is -0.125. The Kier molecular flexibility index (Phi) is 4.96. The SMILES string of the molecule is COCC1CN(Cc2cn[nH]c2-c2ccc(C)cc2)CCC1(F)F. The van der Waals surface area contributed by atoms with Crippen molar-refractivity contribution in [2.45, 2.75) is 25.8 Å². The van der Waals surface area contributed by atoms with Crippen molar-refractivity contribution in [3.63, 3.8) is 0 Å². The fraction of sp³-hybridized carbons (Fsp3) is 0.500. The second-order valence-electron chi connectivity index (χ2n) is 6.53. The molecule has 1 aromatic heterocycles. The number of benzene rings is 1. The number of methoxy groups -OCH3 is 1. The molecule has 6 heteroatoms. The summed E-state index contributed by atoms with van der Waals surface area (Å²) in [6.45, 7) is 3.45. The number of nitrogens with one attached hydrogen (secondary N) is 1. The first-order valence-corrected chi connectivity index (χ1v) is 8.18. The second-order valence-corrected chi connectivity index (χ2v) is 6.53. The lowest BCUT2D eigenvalue weighted by Crippen LogP contribution is -2.48. The predicted octanol–water partition coefficient (Wildman–Crippen LogP) is 3.49. The Bertz CT molecular complexity index is 669. The topological polar surface area (TPSA) is 41.1 Å².